The number of fused-ring (bicyclic) bond motifs is 1. The van der Waals surface area contributed by atoms with Crippen molar-refractivity contribution in [3.05, 3.63) is 95.1 Å². The summed E-state index contributed by atoms with van der Waals surface area (Å²) in [6.45, 7) is 0.452. The number of likely N-dealkylation sites (N-methyl/N-ethyl adjacent to an activating group) is 1. The third-order valence-electron chi connectivity index (χ3n) is 5.58. The minimum atomic E-state index is -0.876. The molecule has 1 aliphatic rings. The van der Waals surface area contributed by atoms with Gasteiger partial charge in [0, 0.05) is 17.8 Å². The quantitative estimate of drug-likeness (QED) is 0.338. The number of rotatable bonds is 8. The van der Waals surface area contributed by atoms with Gasteiger partial charge in [-0.2, -0.15) is 0 Å². The Labute approximate surface area is 202 Å². The number of aliphatic carboxylic acids is 1. The first-order valence-electron chi connectivity index (χ1n) is 11.0. The van der Waals surface area contributed by atoms with Gasteiger partial charge in [-0.3, -0.25) is 14.5 Å². The number of methoxy groups -OCH3 is 1. The van der Waals surface area contributed by atoms with E-state index in [4.69, 9.17) is 9.84 Å². The normalized spacial score (nSPS) is 13.7. The van der Waals surface area contributed by atoms with Crippen molar-refractivity contribution in [1.29, 1.82) is 0 Å². The second-order valence-electron chi connectivity index (χ2n) is 8.21. The van der Waals surface area contributed by atoms with Gasteiger partial charge in [-0.1, -0.05) is 48.5 Å². The summed E-state index contributed by atoms with van der Waals surface area (Å²) in [6, 6.07) is 22.1. The maximum absolute atomic E-state index is 13.1. The van der Waals surface area contributed by atoms with Crippen LogP contribution < -0.4 is 10.6 Å². The Morgan fingerprint density at radius 1 is 1.00 bits per heavy atom. The summed E-state index contributed by atoms with van der Waals surface area (Å²) in [4.78, 5) is 37.6. The monoisotopic (exact) mass is 471 g/mol. The lowest BCUT2D eigenvalue weighted by molar-refractivity contribution is -0.138. The first kappa shape index (κ1) is 23.7. The fourth-order valence-electron chi connectivity index (χ4n) is 3.99. The Bertz CT molecular complexity index is 1300. The Kier molecular flexibility index (Phi) is 6.93. The summed E-state index contributed by atoms with van der Waals surface area (Å²) in [5.41, 5.74) is 5.23. The number of hydrogen-bond acceptors (Lipinski definition) is 6. The van der Waals surface area contributed by atoms with Gasteiger partial charge in [0.25, 0.3) is 5.91 Å². The van der Waals surface area contributed by atoms with Crippen molar-refractivity contribution in [3.8, 4) is 0 Å². The largest absolute Gasteiger partial charge is 0.480 e. The fourth-order valence-corrected chi connectivity index (χ4v) is 3.99. The van der Waals surface area contributed by atoms with Crippen LogP contribution in [0.4, 0.5) is 11.4 Å². The van der Waals surface area contributed by atoms with Gasteiger partial charge >= 0.3 is 11.9 Å². The van der Waals surface area contributed by atoms with Crippen LogP contribution in [0.15, 0.2) is 72.8 Å². The number of esters is 1. The van der Waals surface area contributed by atoms with E-state index in [9.17, 15) is 14.4 Å². The Hall–Kier alpha value is -4.43. The molecule has 1 aliphatic heterocycles. The standard InChI is InChI=1S/C27H25N3O5/c1-30(16-23(31)32)15-17-8-11-20(12-9-17)28-25(18-6-4-3-5-7-18)24-21-13-10-19(27(34)35-2)14-22(21)29-26(24)33/h3-14,28H,15-16H2,1-2H3,(H,29,33)(H,31,32)/b25-24-. The molecule has 0 bridgehead atoms. The highest BCUT2D eigenvalue weighted by Crippen LogP contribution is 2.38. The van der Waals surface area contributed by atoms with Gasteiger partial charge in [-0.25, -0.2) is 4.79 Å². The number of hydrogen-bond donors (Lipinski definition) is 3. The molecule has 0 saturated carbocycles. The van der Waals surface area contributed by atoms with Crippen molar-refractivity contribution < 1.29 is 24.2 Å². The highest BCUT2D eigenvalue weighted by atomic mass is 16.5. The number of nitrogens with one attached hydrogen (secondary N) is 2. The van der Waals surface area contributed by atoms with Crippen LogP contribution in [0.1, 0.15) is 27.0 Å². The molecule has 0 aromatic heterocycles. The van der Waals surface area contributed by atoms with E-state index in [1.807, 2.05) is 54.6 Å². The van der Waals surface area contributed by atoms with Crippen LogP contribution in [0.25, 0.3) is 11.3 Å². The van der Waals surface area contributed by atoms with Gasteiger partial charge in [0.15, 0.2) is 0 Å². The van der Waals surface area contributed by atoms with Crippen molar-refractivity contribution in [2.24, 2.45) is 0 Å². The van der Waals surface area contributed by atoms with Crippen molar-refractivity contribution in [3.63, 3.8) is 0 Å². The average molecular weight is 472 g/mol. The highest BCUT2D eigenvalue weighted by Gasteiger charge is 2.29. The van der Waals surface area contributed by atoms with Gasteiger partial charge in [0.1, 0.15) is 0 Å². The topological polar surface area (TPSA) is 108 Å². The second-order valence-corrected chi connectivity index (χ2v) is 8.21. The van der Waals surface area contributed by atoms with Crippen LogP contribution in [0.3, 0.4) is 0 Å². The zero-order valence-electron chi connectivity index (χ0n) is 19.4. The molecule has 3 aromatic carbocycles. The van der Waals surface area contributed by atoms with Crippen LogP contribution in [-0.2, 0) is 20.9 Å². The van der Waals surface area contributed by atoms with Crippen LogP contribution in [0, 0.1) is 0 Å². The predicted molar refractivity (Wildman–Crippen MR) is 134 cm³/mol. The number of carboxylic acid groups (broad SMARTS) is 1. The fraction of sp³-hybridized carbons (Fsp3) is 0.148. The van der Waals surface area contributed by atoms with Crippen molar-refractivity contribution in [1.82, 2.24) is 4.90 Å². The lowest BCUT2D eigenvalue weighted by atomic mass is 9.99. The molecule has 1 heterocycles. The molecule has 0 atom stereocenters. The molecule has 0 fully saturated rings. The summed E-state index contributed by atoms with van der Waals surface area (Å²) < 4.78 is 4.79. The van der Waals surface area contributed by atoms with Crippen LogP contribution >= 0.6 is 0 Å². The van der Waals surface area contributed by atoms with E-state index in [2.05, 4.69) is 10.6 Å². The number of carboxylic acids is 1. The van der Waals surface area contributed by atoms with Gasteiger partial charge < -0.3 is 20.5 Å². The van der Waals surface area contributed by atoms with Crippen molar-refractivity contribution >= 4 is 40.5 Å². The molecule has 0 spiro atoms. The molecular formula is C27H25N3O5. The number of anilines is 2. The van der Waals surface area contributed by atoms with Gasteiger partial charge in [-0.05, 0) is 42.4 Å². The molecular weight excluding hydrogens is 446 g/mol. The molecule has 3 N–H and O–H groups in total. The van der Waals surface area contributed by atoms with Gasteiger partial charge in [-0.15, -0.1) is 0 Å². The summed E-state index contributed by atoms with van der Waals surface area (Å²) in [6.07, 6.45) is 0. The third kappa shape index (κ3) is 5.39. The number of nitrogens with zero attached hydrogens (tertiary/aromatic N) is 1. The molecule has 3 aromatic rings. The lowest BCUT2D eigenvalue weighted by Gasteiger charge is -2.16. The van der Waals surface area contributed by atoms with E-state index in [1.54, 1.807) is 30.1 Å². The van der Waals surface area contributed by atoms with Crippen molar-refractivity contribution in [2.45, 2.75) is 6.54 Å². The summed E-state index contributed by atoms with van der Waals surface area (Å²) in [5.74, 6) is -1.63. The number of ether oxygens (including phenoxy) is 1. The smallest absolute Gasteiger partial charge is 0.337 e. The first-order chi connectivity index (χ1) is 16.9. The molecule has 1 amide bonds. The van der Waals surface area contributed by atoms with Crippen molar-refractivity contribution in [2.75, 3.05) is 31.3 Å². The lowest BCUT2D eigenvalue weighted by Crippen LogP contribution is -2.25. The summed E-state index contributed by atoms with van der Waals surface area (Å²) in [5, 5.41) is 15.2. The van der Waals surface area contributed by atoms with Crippen LogP contribution in [0.5, 0.6) is 0 Å². The van der Waals surface area contributed by atoms with E-state index >= 15 is 0 Å². The molecule has 0 radical (unpaired) electrons. The first-order valence-corrected chi connectivity index (χ1v) is 11.0. The zero-order valence-corrected chi connectivity index (χ0v) is 19.4. The van der Waals surface area contributed by atoms with E-state index in [0.717, 1.165) is 16.8 Å². The molecule has 178 valence electrons. The van der Waals surface area contributed by atoms with Crippen LogP contribution in [-0.4, -0.2) is 48.6 Å². The maximum atomic E-state index is 13.1. The average Bonchev–Trinajstić information content (AvgIpc) is 3.17. The molecule has 8 nitrogen and oxygen atoms in total. The Balaban J connectivity index is 1.69. The minimum Gasteiger partial charge on any atom is -0.480 e. The zero-order chi connectivity index (χ0) is 24.9. The predicted octanol–water partition coefficient (Wildman–Crippen LogP) is 3.92. The number of carbonyl (C=O) groups is 3. The number of carbonyl (C=O) groups excluding carboxylic acids is 2. The van der Waals surface area contributed by atoms with E-state index in [-0.39, 0.29) is 12.5 Å². The minimum absolute atomic E-state index is 0.0452. The molecule has 0 unspecified atom stereocenters. The molecule has 35 heavy (non-hydrogen) atoms. The summed E-state index contributed by atoms with van der Waals surface area (Å²) in [7, 11) is 3.06. The Morgan fingerprint density at radius 3 is 2.37 bits per heavy atom. The molecule has 8 heteroatoms. The number of benzene rings is 3. The summed E-state index contributed by atoms with van der Waals surface area (Å²) >= 11 is 0. The van der Waals surface area contributed by atoms with E-state index in [1.165, 1.54) is 7.11 Å². The molecule has 4 rings (SSSR count). The van der Waals surface area contributed by atoms with Gasteiger partial charge in [0.05, 0.1) is 36.2 Å². The second kappa shape index (κ2) is 10.2. The number of amides is 1. The Morgan fingerprint density at radius 2 is 1.71 bits per heavy atom. The molecule has 0 saturated heterocycles. The van der Waals surface area contributed by atoms with Gasteiger partial charge in [0.2, 0.25) is 0 Å². The molecule has 0 aliphatic carbocycles. The van der Waals surface area contributed by atoms with E-state index < -0.39 is 11.9 Å². The highest BCUT2D eigenvalue weighted by molar-refractivity contribution is 6.37. The third-order valence-corrected chi connectivity index (χ3v) is 5.58. The maximum Gasteiger partial charge on any atom is 0.337 e. The van der Waals surface area contributed by atoms with Crippen LogP contribution in [0.2, 0.25) is 0 Å². The SMILES string of the molecule is COC(=O)c1ccc2c(c1)NC(=O)/C2=C(\Nc1ccc(CN(C)CC(=O)O)cc1)c1ccccc1. The van der Waals surface area contributed by atoms with E-state index in [0.29, 0.717) is 34.6 Å².